The van der Waals surface area contributed by atoms with Crippen LogP contribution in [0.4, 0.5) is 11.4 Å². The van der Waals surface area contributed by atoms with Crippen molar-refractivity contribution in [2.24, 2.45) is 0 Å². The summed E-state index contributed by atoms with van der Waals surface area (Å²) in [6, 6.07) is 11.3. The van der Waals surface area contributed by atoms with Gasteiger partial charge in [-0.25, -0.2) is 4.79 Å². The zero-order valence-corrected chi connectivity index (χ0v) is 14.8. The predicted molar refractivity (Wildman–Crippen MR) is 100 cm³/mol. The molecule has 0 saturated carbocycles. The maximum atomic E-state index is 12.7. The van der Waals surface area contributed by atoms with Crippen LogP contribution in [-0.2, 0) is 9.53 Å². The van der Waals surface area contributed by atoms with Crippen LogP contribution >= 0.6 is 0 Å². The minimum absolute atomic E-state index is 0.118. The first kappa shape index (κ1) is 18.6. The van der Waals surface area contributed by atoms with Crippen molar-refractivity contribution in [2.75, 3.05) is 17.2 Å². The average Bonchev–Trinajstić information content (AvgIpc) is 3.18. The first-order valence-electron chi connectivity index (χ1n) is 8.63. The number of carbonyl (C=O) groups excluding carboxylic acids is 2. The minimum atomic E-state index is -1.06. The maximum Gasteiger partial charge on any atom is 0.336 e. The number of anilines is 2. The molecule has 0 bridgehead atoms. The summed E-state index contributed by atoms with van der Waals surface area (Å²) in [5, 5.41) is 14.7. The molecule has 1 heterocycles. The number of carbonyl (C=O) groups is 3. The van der Waals surface area contributed by atoms with Gasteiger partial charge in [0.05, 0.1) is 16.8 Å². The number of ether oxygens (including phenoxy) is 1. The molecule has 0 aromatic heterocycles. The van der Waals surface area contributed by atoms with Crippen LogP contribution in [0.25, 0.3) is 0 Å². The van der Waals surface area contributed by atoms with E-state index in [1.54, 1.807) is 43.3 Å². The lowest BCUT2D eigenvalue weighted by Crippen LogP contribution is -2.28. The Bertz CT molecular complexity index is 888. The first-order chi connectivity index (χ1) is 13.0. The average molecular weight is 368 g/mol. The quantitative estimate of drug-likeness (QED) is 0.752. The third kappa shape index (κ3) is 4.15. The lowest BCUT2D eigenvalue weighted by Gasteiger charge is -2.15. The molecule has 1 unspecified atom stereocenters. The second-order valence-corrected chi connectivity index (χ2v) is 6.27. The van der Waals surface area contributed by atoms with Crippen molar-refractivity contribution in [2.45, 2.75) is 25.9 Å². The summed E-state index contributed by atoms with van der Waals surface area (Å²) in [6.07, 6.45) is 0.983. The molecule has 1 aliphatic heterocycles. The lowest BCUT2D eigenvalue weighted by atomic mass is 10.1. The smallest absolute Gasteiger partial charge is 0.336 e. The molecule has 1 aliphatic rings. The third-order valence-electron chi connectivity index (χ3n) is 4.46. The molecule has 1 atom stereocenters. The Kier molecular flexibility index (Phi) is 5.52. The van der Waals surface area contributed by atoms with E-state index in [1.165, 1.54) is 6.07 Å². The van der Waals surface area contributed by atoms with E-state index in [2.05, 4.69) is 10.6 Å². The Labute approximate surface area is 156 Å². The largest absolute Gasteiger partial charge is 0.478 e. The Morgan fingerprint density at radius 3 is 2.41 bits per heavy atom. The van der Waals surface area contributed by atoms with Gasteiger partial charge in [0.2, 0.25) is 0 Å². The molecule has 2 amide bonds. The van der Waals surface area contributed by atoms with Crippen LogP contribution in [0.5, 0.6) is 0 Å². The van der Waals surface area contributed by atoms with Gasteiger partial charge in [-0.05, 0) is 49.6 Å². The standard InChI is InChI=1S/C20H20N2O5/c1-12-13(20(25)26)7-4-9-15(12)21-18(23)14-6-2-3-8-16(14)22-19(24)17-10-5-11-27-17/h2-4,6-9,17H,5,10-11H2,1H3,(H,21,23)(H,22,24)(H,25,26). The zero-order chi connectivity index (χ0) is 19.4. The molecule has 3 N–H and O–H groups in total. The zero-order valence-electron chi connectivity index (χ0n) is 14.8. The van der Waals surface area contributed by atoms with Gasteiger partial charge in [-0.15, -0.1) is 0 Å². The summed E-state index contributed by atoms with van der Waals surface area (Å²) in [6.45, 7) is 2.18. The second-order valence-electron chi connectivity index (χ2n) is 6.27. The Balaban J connectivity index is 1.80. The van der Waals surface area contributed by atoms with Crippen molar-refractivity contribution < 1.29 is 24.2 Å². The van der Waals surface area contributed by atoms with Gasteiger partial charge in [0, 0.05) is 12.3 Å². The highest BCUT2D eigenvalue weighted by Gasteiger charge is 2.25. The number of nitrogens with one attached hydrogen (secondary N) is 2. The second kappa shape index (κ2) is 8.01. The van der Waals surface area contributed by atoms with Crippen LogP contribution in [0.2, 0.25) is 0 Å². The molecule has 7 nitrogen and oxygen atoms in total. The first-order valence-corrected chi connectivity index (χ1v) is 8.63. The van der Waals surface area contributed by atoms with Crippen LogP contribution < -0.4 is 10.6 Å². The maximum absolute atomic E-state index is 12.7. The van der Waals surface area contributed by atoms with Gasteiger partial charge in [-0.3, -0.25) is 9.59 Å². The number of benzene rings is 2. The van der Waals surface area contributed by atoms with Crippen molar-refractivity contribution in [3.05, 3.63) is 59.2 Å². The van der Waals surface area contributed by atoms with Crippen LogP contribution in [0.15, 0.2) is 42.5 Å². The van der Waals surface area contributed by atoms with Crippen LogP contribution in [0.1, 0.15) is 39.1 Å². The highest BCUT2D eigenvalue weighted by molar-refractivity contribution is 6.11. The number of hydrogen-bond acceptors (Lipinski definition) is 4. The van der Waals surface area contributed by atoms with E-state index >= 15 is 0 Å². The lowest BCUT2D eigenvalue weighted by molar-refractivity contribution is -0.124. The normalized spacial score (nSPS) is 16.0. The molecule has 7 heteroatoms. The molecule has 2 aromatic rings. The number of carboxylic acids is 1. The summed E-state index contributed by atoms with van der Waals surface area (Å²) < 4.78 is 5.37. The molecule has 1 fully saturated rings. The molecule has 1 saturated heterocycles. The van der Waals surface area contributed by atoms with Gasteiger partial charge in [-0.1, -0.05) is 18.2 Å². The molecule has 0 radical (unpaired) electrons. The van der Waals surface area contributed by atoms with Gasteiger partial charge >= 0.3 is 5.97 Å². The molecule has 0 aliphatic carbocycles. The van der Waals surface area contributed by atoms with Crippen molar-refractivity contribution >= 4 is 29.2 Å². The molecule has 2 aromatic carbocycles. The fraction of sp³-hybridized carbons (Fsp3) is 0.250. The minimum Gasteiger partial charge on any atom is -0.478 e. The Morgan fingerprint density at radius 2 is 1.70 bits per heavy atom. The van der Waals surface area contributed by atoms with Crippen molar-refractivity contribution in [3.8, 4) is 0 Å². The van der Waals surface area contributed by atoms with Gasteiger partial charge in [0.1, 0.15) is 6.10 Å². The molecule has 27 heavy (non-hydrogen) atoms. The van der Waals surface area contributed by atoms with E-state index < -0.39 is 18.0 Å². The van der Waals surface area contributed by atoms with Crippen molar-refractivity contribution in [1.82, 2.24) is 0 Å². The van der Waals surface area contributed by atoms with E-state index in [1.807, 2.05) is 0 Å². The van der Waals surface area contributed by atoms with E-state index in [9.17, 15) is 19.5 Å². The summed E-state index contributed by atoms with van der Waals surface area (Å²) >= 11 is 0. The predicted octanol–water partition coefficient (Wildman–Crippen LogP) is 3.06. The number of para-hydroxylation sites is 1. The van der Waals surface area contributed by atoms with Crippen molar-refractivity contribution in [1.29, 1.82) is 0 Å². The van der Waals surface area contributed by atoms with Gasteiger partial charge < -0.3 is 20.5 Å². The molecular formula is C20H20N2O5. The molecule has 3 rings (SSSR count). The number of rotatable bonds is 5. The summed E-state index contributed by atoms with van der Waals surface area (Å²) in [5.74, 6) is -1.78. The molecule has 0 spiro atoms. The summed E-state index contributed by atoms with van der Waals surface area (Å²) in [5.41, 5.74) is 1.64. The van der Waals surface area contributed by atoms with Crippen molar-refractivity contribution in [3.63, 3.8) is 0 Å². The number of aromatic carboxylic acids is 1. The SMILES string of the molecule is Cc1c(NC(=O)c2ccccc2NC(=O)C2CCCO2)cccc1C(=O)O. The third-order valence-corrected chi connectivity index (χ3v) is 4.46. The van der Waals surface area contributed by atoms with E-state index in [0.717, 1.165) is 6.42 Å². The van der Waals surface area contributed by atoms with Gasteiger partial charge in [0.15, 0.2) is 0 Å². The Morgan fingerprint density at radius 1 is 1.00 bits per heavy atom. The number of amides is 2. The van der Waals surface area contributed by atoms with E-state index in [0.29, 0.717) is 30.0 Å². The monoisotopic (exact) mass is 368 g/mol. The number of hydrogen-bond donors (Lipinski definition) is 3. The topological polar surface area (TPSA) is 105 Å². The number of carboxylic acid groups (broad SMARTS) is 1. The van der Waals surface area contributed by atoms with Gasteiger partial charge in [0.25, 0.3) is 11.8 Å². The fourth-order valence-electron chi connectivity index (χ4n) is 2.98. The molecule has 140 valence electrons. The van der Waals surface area contributed by atoms with E-state index in [-0.39, 0.29) is 17.0 Å². The highest BCUT2D eigenvalue weighted by Crippen LogP contribution is 2.23. The van der Waals surface area contributed by atoms with Crippen LogP contribution in [0.3, 0.4) is 0 Å². The van der Waals surface area contributed by atoms with Crippen LogP contribution in [0, 0.1) is 6.92 Å². The summed E-state index contributed by atoms with van der Waals surface area (Å²) in [4.78, 5) is 36.3. The summed E-state index contributed by atoms with van der Waals surface area (Å²) in [7, 11) is 0. The molecular weight excluding hydrogens is 348 g/mol. The van der Waals surface area contributed by atoms with Crippen LogP contribution in [-0.4, -0.2) is 35.6 Å². The van der Waals surface area contributed by atoms with E-state index in [4.69, 9.17) is 4.74 Å². The Hall–Kier alpha value is -3.19. The fourth-order valence-corrected chi connectivity index (χ4v) is 2.98. The van der Waals surface area contributed by atoms with Gasteiger partial charge in [-0.2, -0.15) is 0 Å². The highest BCUT2D eigenvalue weighted by atomic mass is 16.5.